The molecule has 0 saturated carbocycles. The van der Waals surface area contributed by atoms with Gasteiger partial charge in [0.15, 0.2) is 0 Å². The average molecular weight is 475 g/mol. The molecule has 4 rings (SSSR count). The Morgan fingerprint density at radius 1 is 1.06 bits per heavy atom. The van der Waals surface area contributed by atoms with Crippen LogP contribution in [0.4, 0.5) is 0 Å². The number of aryl methyl sites for hydroxylation is 1. The van der Waals surface area contributed by atoms with E-state index in [-0.39, 0.29) is 30.3 Å². The summed E-state index contributed by atoms with van der Waals surface area (Å²) in [5.74, 6) is -0.158. The molecule has 2 amide bonds. The second-order valence-electron chi connectivity index (χ2n) is 9.08. The highest BCUT2D eigenvalue weighted by Gasteiger charge is 2.34. The molecule has 5 heteroatoms. The molecular weight excluding hydrogens is 440 g/mol. The second-order valence-corrected chi connectivity index (χ2v) is 10.1. The highest BCUT2D eigenvalue weighted by atomic mass is 32.1. The zero-order valence-corrected chi connectivity index (χ0v) is 21.2. The van der Waals surface area contributed by atoms with Gasteiger partial charge in [0.2, 0.25) is 11.8 Å². The van der Waals surface area contributed by atoms with Gasteiger partial charge < -0.3 is 9.80 Å². The van der Waals surface area contributed by atoms with Crippen molar-refractivity contribution < 1.29 is 9.59 Å². The molecular formula is C29H34N2O2S. The molecule has 2 atom stereocenters. The van der Waals surface area contributed by atoms with Gasteiger partial charge in [0.1, 0.15) is 0 Å². The smallest absolute Gasteiger partial charge is 0.242 e. The van der Waals surface area contributed by atoms with Crippen molar-refractivity contribution >= 4 is 23.2 Å². The van der Waals surface area contributed by atoms with E-state index in [4.69, 9.17) is 0 Å². The van der Waals surface area contributed by atoms with E-state index >= 15 is 0 Å². The summed E-state index contributed by atoms with van der Waals surface area (Å²) < 4.78 is 0. The van der Waals surface area contributed by atoms with Crippen molar-refractivity contribution in [3.8, 4) is 0 Å². The molecule has 1 aliphatic rings. The van der Waals surface area contributed by atoms with Gasteiger partial charge in [0, 0.05) is 18.0 Å². The normalized spacial score (nSPS) is 16.1. The molecule has 3 aromatic rings. The Balaban J connectivity index is 1.59. The number of nitrogens with zero attached hydrogens (tertiary/aromatic N) is 2. The minimum absolute atomic E-state index is 0.0205. The number of thiophene rings is 1. The lowest BCUT2D eigenvalue weighted by atomic mass is 9.92. The topological polar surface area (TPSA) is 40.6 Å². The lowest BCUT2D eigenvalue weighted by Gasteiger charge is -2.38. The fraction of sp³-hybridized carbons (Fsp3) is 0.379. The van der Waals surface area contributed by atoms with Gasteiger partial charge in [-0.15, -0.1) is 11.3 Å². The van der Waals surface area contributed by atoms with Crippen LogP contribution in [0.25, 0.3) is 0 Å². The van der Waals surface area contributed by atoms with Gasteiger partial charge in [-0.05, 0) is 54.3 Å². The minimum atomic E-state index is -0.224. The Morgan fingerprint density at radius 3 is 2.47 bits per heavy atom. The van der Waals surface area contributed by atoms with E-state index in [1.807, 2.05) is 42.2 Å². The van der Waals surface area contributed by atoms with Crippen molar-refractivity contribution in [2.75, 3.05) is 19.6 Å². The molecule has 0 N–H and O–H groups in total. The summed E-state index contributed by atoms with van der Waals surface area (Å²) in [4.78, 5) is 32.5. The third kappa shape index (κ3) is 5.10. The van der Waals surface area contributed by atoms with E-state index in [9.17, 15) is 9.59 Å². The van der Waals surface area contributed by atoms with Crippen LogP contribution in [0.3, 0.4) is 0 Å². The number of fused-ring (bicyclic) bond motifs is 1. The highest BCUT2D eigenvalue weighted by Crippen LogP contribution is 2.38. The summed E-state index contributed by atoms with van der Waals surface area (Å²) in [6, 6.07) is 20.5. The first-order valence-corrected chi connectivity index (χ1v) is 13.2. The molecule has 0 radical (unpaired) electrons. The monoisotopic (exact) mass is 474 g/mol. The van der Waals surface area contributed by atoms with Crippen LogP contribution in [0.15, 0.2) is 66.0 Å². The van der Waals surface area contributed by atoms with Crippen LogP contribution in [0.2, 0.25) is 0 Å². The Bertz CT molecular complexity index is 1110. The number of hydrogen-bond donors (Lipinski definition) is 0. The van der Waals surface area contributed by atoms with Gasteiger partial charge in [0.25, 0.3) is 0 Å². The van der Waals surface area contributed by atoms with Crippen molar-refractivity contribution in [2.24, 2.45) is 0 Å². The summed E-state index contributed by atoms with van der Waals surface area (Å²) in [6.45, 7) is 7.56. The molecule has 0 aliphatic carbocycles. The Morgan fingerprint density at radius 2 is 1.79 bits per heavy atom. The van der Waals surface area contributed by atoms with Gasteiger partial charge in [-0.3, -0.25) is 9.59 Å². The van der Waals surface area contributed by atoms with Crippen LogP contribution in [0.5, 0.6) is 0 Å². The molecule has 2 unspecified atom stereocenters. The summed E-state index contributed by atoms with van der Waals surface area (Å²) in [5.41, 5.74) is 4.57. The Hall–Kier alpha value is -2.92. The van der Waals surface area contributed by atoms with Crippen molar-refractivity contribution in [3.63, 3.8) is 0 Å². The molecule has 4 nitrogen and oxygen atoms in total. The zero-order valence-electron chi connectivity index (χ0n) is 20.4. The summed E-state index contributed by atoms with van der Waals surface area (Å²) in [5, 5.41) is 2.12. The summed E-state index contributed by atoms with van der Waals surface area (Å²) in [6.07, 6.45) is 2.40. The number of hydrogen-bond acceptors (Lipinski definition) is 3. The van der Waals surface area contributed by atoms with Crippen molar-refractivity contribution in [1.29, 1.82) is 0 Å². The summed E-state index contributed by atoms with van der Waals surface area (Å²) >= 11 is 1.77. The van der Waals surface area contributed by atoms with Crippen LogP contribution in [0, 0.1) is 6.92 Å². The van der Waals surface area contributed by atoms with Crippen molar-refractivity contribution in [2.45, 2.75) is 52.0 Å². The molecule has 0 bridgehead atoms. The van der Waals surface area contributed by atoms with E-state index in [2.05, 4.69) is 49.6 Å². The third-order valence-electron chi connectivity index (χ3n) is 6.72. The molecule has 34 heavy (non-hydrogen) atoms. The van der Waals surface area contributed by atoms with E-state index in [1.165, 1.54) is 16.0 Å². The maximum Gasteiger partial charge on any atom is 0.242 e. The predicted octanol–water partition coefficient (Wildman–Crippen LogP) is 5.96. The molecule has 1 aliphatic heterocycles. The van der Waals surface area contributed by atoms with Crippen LogP contribution >= 0.6 is 11.3 Å². The number of amides is 2. The lowest BCUT2D eigenvalue weighted by molar-refractivity contribution is -0.142. The first kappa shape index (κ1) is 24.2. The number of carbonyl (C=O) groups is 2. The SMILES string of the molecule is CCCN(CC(=O)N1CCc2sccc2C1c1ccc(C)cc1)C(=O)C(CC)c1ccccc1. The highest BCUT2D eigenvalue weighted by molar-refractivity contribution is 7.10. The van der Waals surface area contributed by atoms with E-state index in [0.29, 0.717) is 19.5 Å². The molecule has 0 saturated heterocycles. The van der Waals surface area contributed by atoms with Gasteiger partial charge in [-0.1, -0.05) is 74.0 Å². The first-order valence-electron chi connectivity index (χ1n) is 12.3. The molecule has 0 fully saturated rings. The maximum absolute atomic E-state index is 13.8. The molecule has 1 aromatic heterocycles. The quantitative estimate of drug-likeness (QED) is 0.404. The Labute approximate surface area is 207 Å². The van der Waals surface area contributed by atoms with Gasteiger partial charge >= 0.3 is 0 Å². The Kier molecular flexibility index (Phi) is 7.84. The zero-order chi connectivity index (χ0) is 24.1. The van der Waals surface area contributed by atoms with E-state index in [0.717, 1.165) is 24.0 Å². The van der Waals surface area contributed by atoms with Gasteiger partial charge in [0.05, 0.1) is 18.5 Å². The van der Waals surface area contributed by atoms with Crippen LogP contribution in [-0.2, 0) is 16.0 Å². The van der Waals surface area contributed by atoms with Crippen molar-refractivity contribution in [1.82, 2.24) is 9.80 Å². The fourth-order valence-electron chi connectivity index (χ4n) is 4.94. The molecule has 178 valence electrons. The molecule has 0 spiro atoms. The lowest BCUT2D eigenvalue weighted by Crippen LogP contribution is -2.47. The van der Waals surface area contributed by atoms with Crippen LogP contribution < -0.4 is 0 Å². The number of carbonyl (C=O) groups excluding carboxylic acids is 2. The van der Waals surface area contributed by atoms with Crippen molar-refractivity contribution in [3.05, 3.63) is 93.2 Å². The number of rotatable bonds is 8. The molecule has 2 heterocycles. The maximum atomic E-state index is 13.8. The summed E-state index contributed by atoms with van der Waals surface area (Å²) in [7, 11) is 0. The standard InChI is InChI=1S/C29H34N2O2S/c1-4-17-30(29(33)24(5-2)22-9-7-6-8-10-22)20-27(32)31-18-15-26-25(16-19-34-26)28(31)23-13-11-21(3)12-14-23/h6-14,16,19,24,28H,4-5,15,17-18,20H2,1-3H3. The largest absolute Gasteiger partial charge is 0.333 e. The van der Waals surface area contributed by atoms with Gasteiger partial charge in [-0.25, -0.2) is 0 Å². The second kappa shape index (κ2) is 11.0. The van der Waals surface area contributed by atoms with E-state index < -0.39 is 0 Å². The average Bonchev–Trinajstić information content (AvgIpc) is 3.34. The fourth-order valence-corrected chi connectivity index (χ4v) is 5.85. The first-order chi connectivity index (χ1) is 16.5. The van der Waals surface area contributed by atoms with Crippen LogP contribution in [-0.4, -0.2) is 41.2 Å². The predicted molar refractivity (Wildman–Crippen MR) is 139 cm³/mol. The van der Waals surface area contributed by atoms with Crippen LogP contribution in [0.1, 0.15) is 65.8 Å². The van der Waals surface area contributed by atoms with E-state index in [1.54, 1.807) is 16.2 Å². The third-order valence-corrected chi connectivity index (χ3v) is 7.72. The molecule has 2 aromatic carbocycles. The van der Waals surface area contributed by atoms with Gasteiger partial charge in [-0.2, -0.15) is 0 Å². The number of benzene rings is 2. The minimum Gasteiger partial charge on any atom is -0.333 e.